The Morgan fingerprint density at radius 3 is 2.63 bits per heavy atom. The minimum absolute atomic E-state index is 0.597. The zero-order valence-corrected chi connectivity index (χ0v) is 12.4. The van der Waals surface area contributed by atoms with Gasteiger partial charge in [0, 0.05) is 11.0 Å². The average Bonchev–Trinajstić information content (AvgIpc) is 2.42. The van der Waals surface area contributed by atoms with E-state index >= 15 is 0 Å². The average molecular weight is 323 g/mol. The highest BCUT2D eigenvalue weighted by atomic mass is 79.9. The van der Waals surface area contributed by atoms with Gasteiger partial charge < -0.3 is 15.4 Å². The molecular weight excluding hydrogens is 308 g/mol. The van der Waals surface area contributed by atoms with E-state index in [0.29, 0.717) is 17.4 Å². The van der Waals surface area contributed by atoms with Crippen molar-refractivity contribution in [1.29, 1.82) is 0 Å². The van der Waals surface area contributed by atoms with Crippen molar-refractivity contribution < 1.29 is 4.74 Å². The number of rotatable bonds is 5. The Balaban J connectivity index is 2.35. The molecule has 5 nitrogen and oxygen atoms in total. The molecule has 0 aliphatic rings. The van der Waals surface area contributed by atoms with Gasteiger partial charge in [0.25, 0.3) is 0 Å². The molecule has 1 aromatic heterocycles. The third-order valence-electron chi connectivity index (χ3n) is 2.48. The van der Waals surface area contributed by atoms with Gasteiger partial charge in [0.05, 0.1) is 12.8 Å². The summed E-state index contributed by atoms with van der Waals surface area (Å²) in [5.74, 6) is 1.90. The Hall–Kier alpha value is -1.82. The number of nitrogens with one attached hydrogen (secondary N) is 2. The summed E-state index contributed by atoms with van der Waals surface area (Å²) in [5, 5.41) is 6.37. The van der Waals surface area contributed by atoms with Crippen molar-refractivity contribution in [1.82, 2.24) is 9.97 Å². The number of benzene rings is 1. The molecule has 0 aliphatic carbocycles. The van der Waals surface area contributed by atoms with Crippen molar-refractivity contribution in [3.8, 4) is 5.75 Å². The first kappa shape index (κ1) is 13.6. The lowest BCUT2D eigenvalue weighted by atomic mass is 10.3. The summed E-state index contributed by atoms with van der Waals surface area (Å²) >= 11 is 3.49. The standard InChI is InChI=1S/C13H15BrN4O/c1-3-15-12-11(19-2)13(17-8-16-12)18-10-7-5-4-6-9(10)14/h4-8H,3H2,1-2H3,(H2,15,16,17,18). The minimum Gasteiger partial charge on any atom is -0.490 e. The van der Waals surface area contributed by atoms with Gasteiger partial charge in [-0.3, -0.25) is 0 Å². The molecule has 0 amide bonds. The number of hydrogen-bond acceptors (Lipinski definition) is 5. The number of ether oxygens (including phenoxy) is 1. The fourth-order valence-electron chi connectivity index (χ4n) is 1.64. The molecule has 0 bridgehead atoms. The van der Waals surface area contributed by atoms with E-state index in [1.165, 1.54) is 6.33 Å². The lowest BCUT2D eigenvalue weighted by molar-refractivity contribution is 0.415. The molecule has 0 saturated heterocycles. The maximum Gasteiger partial charge on any atom is 0.204 e. The Kier molecular flexibility index (Phi) is 4.57. The predicted octanol–water partition coefficient (Wildman–Crippen LogP) is 3.42. The van der Waals surface area contributed by atoms with E-state index < -0.39 is 0 Å². The summed E-state index contributed by atoms with van der Waals surface area (Å²) < 4.78 is 6.33. The van der Waals surface area contributed by atoms with Gasteiger partial charge in [-0.15, -0.1) is 0 Å². The van der Waals surface area contributed by atoms with Crippen LogP contribution in [0.4, 0.5) is 17.3 Å². The van der Waals surface area contributed by atoms with Crippen LogP contribution in [0.15, 0.2) is 35.1 Å². The summed E-state index contributed by atoms with van der Waals surface area (Å²) in [5.41, 5.74) is 0.918. The highest BCUT2D eigenvalue weighted by Crippen LogP contribution is 2.33. The number of hydrogen-bond donors (Lipinski definition) is 2. The van der Waals surface area contributed by atoms with Gasteiger partial charge in [-0.2, -0.15) is 0 Å². The van der Waals surface area contributed by atoms with E-state index in [0.717, 1.165) is 16.7 Å². The summed E-state index contributed by atoms with van der Waals surface area (Å²) in [6, 6.07) is 7.82. The molecular formula is C13H15BrN4O. The third-order valence-corrected chi connectivity index (χ3v) is 3.17. The second kappa shape index (κ2) is 6.38. The Bertz CT molecular complexity index is 562. The summed E-state index contributed by atoms with van der Waals surface area (Å²) in [7, 11) is 1.60. The Morgan fingerprint density at radius 2 is 1.95 bits per heavy atom. The van der Waals surface area contributed by atoms with Crippen LogP contribution >= 0.6 is 15.9 Å². The number of anilines is 3. The fraction of sp³-hybridized carbons (Fsp3) is 0.231. The van der Waals surface area contributed by atoms with Crippen LogP contribution in [0.3, 0.4) is 0 Å². The molecule has 100 valence electrons. The van der Waals surface area contributed by atoms with Crippen molar-refractivity contribution in [3.63, 3.8) is 0 Å². The first-order valence-corrected chi connectivity index (χ1v) is 6.70. The van der Waals surface area contributed by atoms with Crippen LogP contribution in [-0.4, -0.2) is 23.6 Å². The Labute approximate surface area is 120 Å². The fourth-order valence-corrected chi connectivity index (χ4v) is 2.02. The number of methoxy groups -OCH3 is 1. The molecule has 0 saturated carbocycles. The molecule has 0 aliphatic heterocycles. The summed E-state index contributed by atoms with van der Waals surface area (Å²) in [6.45, 7) is 2.77. The van der Waals surface area contributed by atoms with Crippen LogP contribution in [0.25, 0.3) is 0 Å². The monoisotopic (exact) mass is 322 g/mol. The van der Waals surface area contributed by atoms with E-state index in [1.807, 2.05) is 31.2 Å². The van der Waals surface area contributed by atoms with E-state index in [1.54, 1.807) is 7.11 Å². The first-order valence-electron chi connectivity index (χ1n) is 5.90. The number of aromatic nitrogens is 2. The number of para-hydroxylation sites is 1. The molecule has 0 spiro atoms. The zero-order valence-electron chi connectivity index (χ0n) is 10.8. The molecule has 1 heterocycles. The van der Waals surface area contributed by atoms with Crippen LogP contribution < -0.4 is 15.4 Å². The third kappa shape index (κ3) is 3.14. The normalized spacial score (nSPS) is 10.1. The molecule has 0 fully saturated rings. The van der Waals surface area contributed by atoms with Crippen LogP contribution in [-0.2, 0) is 0 Å². The molecule has 0 atom stereocenters. The van der Waals surface area contributed by atoms with Gasteiger partial charge in [-0.05, 0) is 35.0 Å². The highest BCUT2D eigenvalue weighted by molar-refractivity contribution is 9.10. The molecule has 1 aromatic carbocycles. The van der Waals surface area contributed by atoms with Crippen LogP contribution in [0, 0.1) is 0 Å². The van der Waals surface area contributed by atoms with Crippen molar-refractivity contribution >= 4 is 33.3 Å². The van der Waals surface area contributed by atoms with Crippen LogP contribution in [0.2, 0.25) is 0 Å². The minimum atomic E-state index is 0.597. The maximum absolute atomic E-state index is 5.38. The maximum atomic E-state index is 5.38. The molecule has 0 radical (unpaired) electrons. The second-order valence-corrected chi connectivity index (χ2v) is 4.59. The van der Waals surface area contributed by atoms with E-state index in [-0.39, 0.29) is 0 Å². The SMILES string of the molecule is CCNc1ncnc(Nc2ccccc2Br)c1OC. The molecule has 6 heteroatoms. The van der Waals surface area contributed by atoms with Crippen LogP contribution in [0.5, 0.6) is 5.75 Å². The molecule has 19 heavy (non-hydrogen) atoms. The van der Waals surface area contributed by atoms with Gasteiger partial charge >= 0.3 is 0 Å². The predicted molar refractivity (Wildman–Crippen MR) is 80.2 cm³/mol. The Morgan fingerprint density at radius 1 is 1.21 bits per heavy atom. The zero-order chi connectivity index (χ0) is 13.7. The second-order valence-electron chi connectivity index (χ2n) is 3.74. The van der Waals surface area contributed by atoms with Gasteiger partial charge in [-0.25, -0.2) is 9.97 Å². The van der Waals surface area contributed by atoms with Gasteiger partial charge in [0.1, 0.15) is 6.33 Å². The van der Waals surface area contributed by atoms with E-state index in [2.05, 4.69) is 36.5 Å². The molecule has 0 unspecified atom stereocenters. The largest absolute Gasteiger partial charge is 0.490 e. The van der Waals surface area contributed by atoms with Gasteiger partial charge in [0.2, 0.25) is 5.75 Å². The quantitative estimate of drug-likeness (QED) is 0.883. The van der Waals surface area contributed by atoms with Gasteiger partial charge in [0.15, 0.2) is 11.6 Å². The van der Waals surface area contributed by atoms with Crippen molar-refractivity contribution in [2.24, 2.45) is 0 Å². The topological polar surface area (TPSA) is 59.1 Å². The summed E-state index contributed by atoms with van der Waals surface area (Å²) in [4.78, 5) is 8.39. The first-order chi connectivity index (χ1) is 9.26. The van der Waals surface area contributed by atoms with Crippen molar-refractivity contribution in [2.45, 2.75) is 6.92 Å². The number of nitrogens with zero attached hydrogens (tertiary/aromatic N) is 2. The lowest BCUT2D eigenvalue weighted by Crippen LogP contribution is -2.06. The summed E-state index contributed by atoms with van der Waals surface area (Å²) in [6.07, 6.45) is 1.50. The van der Waals surface area contributed by atoms with E-state index in [4.69, 9.17) is 4.74 Å². The van der Waals surface area contributed by atoms with Crippen LogP contribution in [0.1, 0.15) is 6.92 Å². The molecule has 2 N–H and O–H groups in total. The van der Waals surface area contributed by atoms with E-state index in [9.17, 15) is 0 Å². The van der Waals surface area contributed by atoms with Gasteiger partial charge in [-0.1, -0.05) is 12.1 Å². The molecule has 2 rings (SSSR count). The highest BCUT2D eigenvalue weighted by Gasteiger charge is 2.12. The lowest BCUT2D eigenvalue weighted by Gasteiger charge is -2.14. The smallest absolute Gasteiger partial charge is 0.204 e. The van der Waals surface area contributed by atoms with Crippen molar-refractivity contribution in [3.05, 3.63) is 35.1 Å². The number of halogens is 1. The molecule has 2 aromatic rings. The van der Waals surface area contributed by atoms with Crippen molar-refractivity contribution in [2.75, 3.05) is 24.3 Å².